The number of carboxylic acids is 1. The van der Waals surface area contributed by atoms with Crippen LogP contribution in [0.1, 0.15) is 5.56 Å². The van der Waals surface area contributed by atoms with Crippen LogP contribution in [-0.4, -0.2) is 18.2 Å². The van der Waals surface area contributed by atoms with Crippen molar-refractivity contribution < 1.29 is 14.6 Å². The fourth-order valence-corrected chi connectivity index (χ4v) is 3.13. The number of benzene rings is 1. The highest BCUT2D eigenvalue weighted by atomic mass is 127. The lowest BCUT2D eigenvalue weighted by atomic mass is 10.1. The van der Waals surface area contributed by atoms with Crippen LogP contribution in [0.2, 0.25) is 0 Å². The lowest BCUT2D eigenvalue weighted by molar-refractivity contribution is -0.136. The maximum absolute atomic E-state index is 10.6. The van der Waals surface area contributed by atoms with Crippen molar-refractivity contribution in [3.8, 4) is 5.75 Å². The number of carbonyl (C=O) groups is 1. The van der Waals surface area contributed by atoms with Gasteiger partial charge >= 0.3 is 5.97 Å². The molecule has 0 aliphatic heterocycles. The summed E-state index contributed by atoms with van der Waals surface area (Å²) in [4.78, 5) is 10.6. The maximum Gasteiger partial charge on any atom is 0.307 e. The Hall–Kier alpha value is -0.0500. The van der Waals surface area contributed by atoms with Crippen molar-refractivity contribution in [2.75, 3.05) is 7.11 Å². The first-order valence-corrected chi connectivity index (χ1v) is 5.94. The van der Waals surface area contributed by atoms with Gasteiger partial charge in [0, 0.05) is 0 Å². The van der Waals surface area contributed by atoms with E-state index in [4.69, 9.17) is 9.84 Å². The zero-order valence-corrected chi connectivity index (χ0v) is 11.7. The summed E-state index contributed by atoms with van der Waals surface area (Å²) in [6.07, 6.45) is 0.0333. The van der Waals surface area contributed by atoms with Crippen molar-refractivity contribution in [2.45, 2.75) is 6.42 Å². The smallest absolute Gasteiger partial charge is 0.307 e. The number of aliphatic carboxylic acids is 1. The summed E-state index contributed by atoms with van der Waals surface area (Å²) >= 11 is 4.27. The molecule has 0 heterocycles. The van der Waals surface area contributed by atoms with Gasteiger partial charge in [0.1, 0.15) is 5.75 Å². The highest BCUT2D eigenvalue weighted by Crippen LogP contribution is 2.30. The van der Waals surface area contributed by atoms with Crippen LogP contribution in [0.3, 0.4) is 0 Å². The Morgan fingerprint density at radius 2 is 2.14 bits per heavy atom. The molecule has 5 heteroatoms. The number of halogens is 2. The third-order valence-corrected chi connectivity index (χ3v) is 3.71. The number of ether oxygens (including phenoxy) is 1. The molecule has 0 aliphatic rings. The third-order valence-electron chi connectivity index (χ3n) is 1.67. The van der Waals surface area contributed by atoms with Crippen LogP contribution >= 0.6 is 45.2 Å². The van der Waals surface area contributed by atoms with Crippen molar-refractivity contribution in [1.82, 2.24) is 0 Å². The Morgan fingerprint density at radius 3 is 2.64 bits per heavy atom. The summed E-state index contributed by atoms with van der Waals surface area (Å²) in [6, 6.07) is 3.68. The number of carboxylic acid groups (broad SMARTS) is 1. The van der Waals surface area contributed by atoms with E-state index in [2.05, 4.69) is 45.2 Å². The molecule has 1 aromatic rings. The summed E-state index contributed by atoms with van der Waals surface area (Å²) < 4.78 is 7.05. The fraction of sp³-hybridized carbons (Fsp3) is 0.222. The zero-order chi connectivity index (χ0) is 10.7. The highest BCUT2D eigenvalue weighted by Gasteiger charge is 2.12. The molecule has 1 N–H and O–H groups in total. The lowest BCUT2D eigenvalue weighted by Crippen LogP contribution is -2.03. The quantitative estimate of drug-likeness (QED) is 0.769. The summed E-state index contributed by atoms with van der Waals surface area (Å²) in [5.41, 5.74) is 0.787. The van der Waals surface area contributed by atoms with Crippen LogP contribution in [0.15, 0.2) is 12.1 Å². The summed E-state index contributed by atoms with van der Waals surface area (Å²) in [7, 11) is 1.59. The third kappa shape index (κ3) is 2.72. The van der Waals surface area contributed by atoms with E-state index in [1.807, 2.05) is 12.1 Å². The Balaban J connectivity index is 3.14. The van der Waals surface area contributed by atoms with E-state index < -0.39 is 5.97 Å². The molecular formula is C9H8I2O3. The van der Waals surface area contributed by atoms with Crippen LogP contribution < -0.4 is 4.74 Å². The van der Waals surface area contributed by atoms with Gasteiger partial charge in [-0.1, -0.05) is 6.07 Å². The first kappa shape index (κ1) is 12.0. The summed E-state index contributed by atoms with van der Waals surface area (Å²) in [6.45, 7) is 0. The van der Waals surface area contributed by atoms with E-state index >= 15 is 0 Å². The van der Waals surface area contributed by atoms with Gasteiger partial charge in [0.2, 0.25) is 0 Å². The lowest BCUT2D eigenvalue weighted by Gasteiger charge is -2.09. The molecule has 76 valence electrons. The van der Waals surface area contributed by atoms with E-state index in [1.165, 1.54) is 0 Å². The minimum absolute atomic E-state index is 0.0333. The Bertz CT molecular complexity index is 363. The van der Waals surface area contributed by atoms with Crippen LogP contribution in [0.25, 0.3) is 0 Å². The first-order valence-electron chi connectivity index (χ1n) is 3.79. The second-order valence-electron chi connectivity index (χ2n) is 2.62. The van der Waals surface area contributed by atoms with Gasteiger partial charge in [-0.05, 0) is 56.8 Å². The molecule has 14 heavy (non-hydrogen) atoms. The van der Waals surface area contributed by atoms with Gasteiger partial charge < -0.3 is 9.84 Å². The van der Waals surface area contributed by atoms with Crippen molar-refractivity contribution in [3.63, 3.8) is 0 Å². The molecule has 1 rings (SSSR count). The molecule has 1 aromatic carbocycles. The number of hydrogen-bond donors (Lipinski definition) is 1. The molecule has 0 radical (unpaired) electrons. The van der Waals surface area contributed by atoms with E-state index in [1.54, 1.807) is 7.11 Å². The molecule has 0 unspecified atom stereocenters. The second kappa shape index (κ2) is 5.15. The predicted molar refractivity (Wildman–Crippen MR) is 69.8 cm³/mol. The molecule has 0 saturated heterocycles. The van der Waals surface area contributed by atoms with E-state index in [0.717, 1.165) is 18.5 Å². The molecule has 3 nitrogen and oxygen atoms in total. The van der Waals surface area contributed by atoms with Crippen molar-refractivity contribution >= 4 is 51.2 Å². The maximum atomic E-state index is 10.6. The van der Waals surface area contributed by atoms with E-state index in [9.17, 15) is 4.79 Å². The largest absolute Gasteiger partial charge is 0.495 e. The zero-order valence-electron chi connectivity index (χ0n) is 7.38. The van der Waals surface area contributed by atoms with Crippen LogP contribution in [0, 0.1) is 7.14 Å². The molecule has 0 amide bonds. The van der Waals surface area contributed by atoms with Crippen molar-refractivity contribution in [2.24, 2.45) is 0 Å². The van der Waals surface area contributed by atoms with E-state index in [0.29, 0.717) is 0 Å². The predicted octanol–water partition coefficient (Wildman–Crippen LogP) is 2.53. The Kier molecular flexibility index (Phi) is 4.42. The molecule has 0 saturated carbocycles. The van der Waals surface area contributed by atoms with Crippen LogP contribution in [0.5, 0.6) is 5.75 Å². The topological polar surface area (TPSA) is 46.5 Å². The van der Waals surface area contributed by atoms with Gasteiger partial charge in [-0.15, -0.1) is 0 Å². The molecule has 0 fully saturated rings. The molecular weight excluding hydrogens is 410 g/mol. The van der Waals surface area contributed by atoms with Crippen LogP contribution in [0.4, 0.5) is 0 Å². The number of hydrogen-bond acceptors (Lipinski definition) is 2. The Morgan fingerprint density at radius 1 is 1.50 bits per heavy atom. The molecule has 0 aliphatic carbocycles. The SMILES string of the molecule is COc1c(I)ccc(CC(=O)O)c1I. The monoisotopic (exact) mass is 418 g/mol. The van der Waals surface area contributed by atoms with E-state index in [-0.39, 0.29) is 6.42 Å². The van der Waals surface area contributed by atoms with Gasteiger partial charge in [0.15, 0.2) is 0 Å². The van der Waals surface area contributed by atoms with Gasteiger partial charge in [-0.2, -0.15) is 0 Å². The summed E-state index contributed by atoms with van der Waals surface area (Å²) in [5, 5.41) is 8.68. The van der Waals surface area contributed by atoms with Gasteiger partial charge in [0.05, 0.1) is 20.7 Å². The first-order chi connectivity index (χ1) is 6.56. The minimum atomic E-state index is -0.828. The van der Waals surface area contributed by atoms with Crippen molar-refractivity contribution in [3.05, 3.63) is 24.8 Å². The molecule has 0 bridgehead atoms. The molecule has 0 spiro atoms. The average Bonchev–Trinajstić information content (AvgIpc) is 2.10. The Labute approximate surface area is 109 Å². The number of methoxy groups -OCH3 is 1. The molecule has 0 atom stereocenters. The fourth-order valence-electron chi connectivity index (χ4n) is 1.06. The van der Waals surface area contributed by atoms with Gasteiger partial charge in [0.25, 0.3) is 0 Å². The minimum Gasteiger partial charge on any atom is -0.495 e. The molecule has 0 aromatic heterocycles. The number of rotatable bonds is 3. The second-order valence-corrected chi connectivity index (χ2v) is 4.87. The average molecular weight is 418 g/mol. The van der Waals surface area contributed by atoms with Crippen molar-refractivity contribution in [1.29, 1.82) is 0 Å². The normalized spacial score (nSPS) is 9.93. The van der Waals surface area contributed by atoms with Gasteiger partial charge in [-0.25, -0.2) is 0 Å². The highest BCUT2D eigenvalue weighted by molar-refractivity contribution is 14.1. The van der Waals surface area contributed by atoms with Gasteiger partial charge in [-0.3, -0.25) is 4.79 Å². The summed E-state index contributed by atoms with van der Waals surface area (Å²) in [5.74, 6) is -0.0730. The standard InChI is InChI=1S/C9H8I2O3/c1-14-9-6(10)3-2-5(8(9)11)4-7(12)13/h2-3H,4H2,1H3,(H,12,13). The van der Waals surface area contributed by atoms with Crippen LogP contribution in [-0.2, 0) is 11.2 Å².